The first-order chi connectivity index (χ1) is 8.87. The summed E-state index contributed by atoms with van der Waals surface area (Å²) in [6.07, 6.45) is 0.282. The fourth-order valence-electron chi connectivity index (χ4n) is 2.28. The third-order valence-electron chi connectivity index (χ3n) is 3.33. The third-order valence-corrected chi connectivity index (χ3v) is 5.12. The third kappa shape index (κ3) is 3.47. The van der Waals surface area contributed by atoms with Gasteiger partial charge in [-0.2, -0.15) is 0 Å². The lowest BCUT2D eigenvalue weighted by Crippen LogP contribution is -2.50. The van der Waals surface area contributed by atoms with Gasteiger partial charge in [-0.1, -0.05) is 12.1 Å². The molecule has 0 radical (unpaired) electrons. The lowest BCUT2D eigenvalue weighted by molar-refractivity contribution is -0.131. The van der Waals surface area contributed by atoms with Crippen molar-refractivity contribution in [3.05, 3.63) is 29.8 Å². The molecule has 0 bridgehead atoms. The maximum Gasteiger partial charge on any atom is 0.227 e. The zero-order valence-corrected chi connectivity index (χ0v) is 11.7. The number of nitrogens with two attached hydrogens (primary N) is 1. The quantitative estimate of drug-likeness (QED) is 0.799. The minimum atomic E-state index is -2.99. The minimum Gasteiger partial charge on any atom is -0.399 e. The number of amides is 1. The van der Waals surface area contributed by atoms with Gasteiger partial charge in [0.25, 0.3) is 0 Å². The van der Waals surface area contributed by atoms with Gasteiger partial charge in [-0.05, 0) is 24.6 Å². The summed E-state index contributed by atoms with van der Waals surface area (Å²) in [5.74, 6) is 0.0813. The Morgan fingerprint density at radius 1 is 1.37 bits per heavy atom. The van der Waals surface area contributed by atoms with E-state index in [2.05, 4.69) is 0 Å². The van der Waals surface area contributed by atoms with Gasteiger partial charge in [0, 0.05) is 18.3 Å². The number of carbonyl (C=O) groups is 1. The number of rotatable bonds is 2. The average Bonchev–Trinajstić information content (AvgIpc) is 2.30. The molecule has 0 aromatic heterocycles. The summed E-state index contributed by atoms with van der Waals surface area (Å²) in [4.78, 5) is 13.8. The zero-order chi connectivity index (χ0) is 14.0. The monoisotopic (exact) mass is 282 g/mol. The second-order valence-electron chi connectivity index (χ2n) is 4.97. The Labute approximate surface area is 113 Å². The first-order valence-electron chi connectivity index (χ1n) is 6.22. The highest BCUT2D eigenvalue weighted by Crippen LogP contribution is 2.14. The predicted molar refractivity (Wildman–Crippen MR) is 74.4 cm³/mol. The van der Waals surface area contributed by atoms with Crippen LogP contribution in [0.1, 0.15) is 12.5 Å². The van der Waals surface area contributed by atoms with Crippen molar-refractivity contribution in [2.24, 2.45) is 0 Å². The summed E-state index contributed by atoms with van der Waals surface area (Å²) in [6.45, 7) is 2.06. The van der Waals surface area contributed by atoms with E-state index >= 15 is 0 Å². The largest absolute Gasteiger partial charge is 0.399 e. The number of nitrogens with zero attached hydrogens (tertiary/aromatic N) is 1. The highest BCUT2D eigenvalue weighted by atomic mass is 32.2. The van der Waals surface area contributed by atoms with Crippen LogP contribution in [0.15, 0.2) is 24.3 Å². The molecule has 1 heterocycles. The van der Waals surface area contributed by atoms with Gasteiger partial charge in [-0.25, -0.2) is 8.42 Å². The van der Waals surface area contributed by atoms with Gasteiger partial charge in [0.05, 0.1) is 17.9 Å². The van der Waals surface area contributed by atoms with Crippen LogP contribution in [-0.4, -0.2) is 43.3 Å². The van der Waals surface area contributed by atoms with Crippen LogP contribution in [0.5, 0.6) is 0 Å². The van der Waals surface area contributed by atoms with Crippen molar-refractivity contribution in [1.29, 1.82) is 0 Å². The molecule has 19 heavy (non-hydrogen) atoms. The molecular weight excluding hydrogens is 264 g/mol. The highest BCUT2D eigenvalue weighted by Gasteiger charge is 2.30. The Balaban J connectivity index is 2.02. The number of hydrogen-bond acceptors (Lipinski definition) is 4. The maximum atomic E-state index is 12.2. The standard InChI is InChI=1S/C13H18N2O3S/c1-10-9-19(17,18)7-6-15(10)13(16)8-11-2-4-12(14)5-3-11/h2-5,10H,6-9,14H2,1H3. The Bertz CT molecular complexity index is 566. The summed E-state index contributed by atoms with van der Waals surface area (Å²) >= 11 is 0. The van der Waals surface area contributed by atoms with Crippen molar-refractivity contribution in [2.45, 2.75) is 19.4 Å². The summed E-state index contributed by atoms with van der Waals surface area (Å²) in [6, 6.07) is 6.90. The van der Waals surface area contributed by atoms with Crippen LogP contribution in [0.3, 0.4) is 0 Å². The Hall–Kier alpha value is -1.56. The molecule has 0 spiro atoms. The fraction of sp³-hybridized carbons (Fsp3) is 0.462. The summed E-state index contributed by atoms with van der Waals surface area (Å²) < 4.78 is 22.9. The molecule has 1 atom stereocenters. The molecule has 2 rings (SSSR count). The molecule has 6 heteroatoms. The van der Waals surface area contributed by atoms with E-state index in [-0.39, 0.29) is 36.4 Å². The van der Waals surface area contributed by atoms with Gasteiger partial charge in [-0.15, -0.1) is 0 Å². The molecule has 1 fully saturated rings. The molecule has 0 aliphatic carbocycles. The SMILES string of the molecule is CC1CS(=O)(=O)CCN1C(=O)Cc1ccc(N)cc1. The van der Waals surface area contributed by atoms with Crippen molar-refractivity contribution >= 4 is 21.4 Å². The Morgan fingerprint density at radius 2 is 2.00 bits per heavy atom. The second-order valence-corrected chi connectivity index (χ2v) is 7.20. The van der Waals surface area contributed by atoms with Gasteiger partial charge in [0.1, 0.15) is 0 Å². The number of hydrogen-bond donors (Lipinski definition) is 1. The molecule has 5 nitrogen and oxygen atoms in total. The molecule has 1 unspecified atom stereocenters. The molecule has 1 aliphatic rings. The Kier molecular flexibility index (Phi) is 3.80. The van der Waals surface area contributed by atoms with E-state index in [0.29, 0.717) is 5.69 Å². The molecule has 1 amide bonds. The van der Waals surface area contributed by atoms with E-state index in [0.717, 1.165) is 5.56 Å². The predicted octanol–water partition coefficient (Wildman–Crippen LogP) is 0.457. The molecule has 1 aromatic carbocycles. The van der Waals surface area contributed by atoms with Gasteiger partial charge in [-0.3, -0.25) is 4.79 Å². The minimum absolute atomic E-state index is 0.0350. The number of benzene rings is 1. The molecule has 1 saturated heterocycles. The van der Waals surface area contributed by atoms with Crippen LogP contribution < -0.4 is 5.73 Å². The van der Waals surface area contributed by atoms with E-state index in [1.54, 1.807) is 24.0 Å². The van der Waals surface area contributed by atoms with Crippen LogP contribution >= 0.6 is 0 Å². The van der Waals surface area contributed by atoms with Crippen LogP contribution in [0, 0.1) is 0 Å². The van der Waals surface area contributed by atoms with Crippen molar-refractivity contribution in [1.82, 2.24) is 4.90 Å². The van der Waals surface area contributed by atoms with Crippen molar-refractivity contribution in [2.75, 3.05) is 23.8 Å². The van der Waals surface area contributed by atoms with Crippen LogP contribution in [0.2, 0.25) is 0 Å². The molecule has 2 N–H and O–H groups in total. The molecule has 104 valence electrons. The van der Waals surface area contributed by atoms with Gasteiger partial charge in [0.15, 0.2) is 9.84 Å². The van der Waals surface area contributed by atoms with E-state index in [4.69, 9.17) is 5.73 Å². The van der Waals surface area contributed by atoms with E-state index in [1.807, 2.05) is 12.1 Å². The topological polar surface area (TPSA) is 80.5 Å². The van der Waals surface area contributed by atoms with Crippen LogP contribution in [0.25, 0.3) is 0 Å². The zero-order valence-electron chi connectivity index (χ0n) is 10.9. The van der Waals surface area contributed by atoms with Crippen molar-refractivity contribution < 1.29 is 13.2 Å². The fourth-order valence-corrected chi connectivity index (χ4v) is 3.84. The lowest BCUT2D eigenvalue weighted by Gasteiger charge is -2.33. The number of nitrogen functional groups attached to an aromatic ring is 1. The lowest BCUT2D eigenvalue weighted by atomic mass is 10.1. The normalized spacial score (nSPS) is 22.2. The van der Waals surface area contributed by atoms with Gasteiger partial charge < -0.3 is 10.6 Å². The van der Waals surface area contributed by atoms with Gasteiger partial charge >= 0.3 is 0 Å². The van der Waals surface area contributed by atoms with Crippen molar-refractivity contribution in [3.63, 3.8) is 0 Å². The van der Waals surface area contributed by atoms with Crippen LogP contribution in [-0.2, 0) is 21.1 Å². The number of anilines is 1. The van der Waals surface area contributed by atoms with Gasteiger partial charge in [0.2, 0.25) is 5.91 Å². The maximum absolute atomic E-state index is 12.2. The van der Waals surface area contributed by atoms with Crippen LogP contribution in [0.4, 0.5) is 5.69 Å². The molecule has 0 saturated carbocycles. The van der Waals surface area contributed by atoms with E-state index in [9.17, 15) is 13.2 Å². The first-order valence-corrected chi connectivity index (χ1v) is 8.04. The average molecular weight is 282 g/mol. The molecule has 1 aromatic rings. The second kappa shape index (κ2) is 5.21. The number of carbonyl (C=O) groups excluding carboxylic acids is 1. The molecular formula is C13H18N2O3S. The molecule has 1 aliphatic heterocycles. The van der Waals surface area contributed by atoms with Crippen molar-refractivity contribution in [3.8, 4) is 0 Å². The van der Waals surface area contributed by atoms with E-state index < -0.39 is 9.84 Å². The Morgan fingerprint density at radius 3 is 2.58 bits per heavy atom. The van der Waals surface area contributed by atoms with E-state index in [1.165, 1.54) is 0 Å². The highest BCUT2D eigenvalue weighted by molar-refractivity contribution is 7.91. The number of sulfone groups is 1. The summed E-state index contributed by atoms with van der Waals surface area (Å²) in [5, 5.41) is 0. The smallest absolute Gasteiger partial charge is 0.227 e. The summed E-state index contributed by atoms with van der Waals surface area (Å²) in [5.41, 5.74) is 7.14. The summed E-state index contributed by atoms with van der Waals surface area (Å²) in [7, 11) is -2.99. The first kappa shape index (κ1) is 13.9.